The van der Waals surface area contributed by atoms with Gasteiger partial charge in [0.25, 0.3) is 0 Å². The van der Waals surface area contributed by atoms with Gasteiger partial charge in [-0.25, -0.2) is 19.9 Å². The van der Waals surface area contributed by atoms with Gasteiger partial charge in [0.15, 0.2) is 5.65 Å². The third kappa shape index (κ3) is 2.11. The highest BCUT2D eigenvalue weighted by Gasteiger charge is 2.18. The van der Waals surface area contributed by atoms with Gasteiger partial charge in [-0.15, -0.1) is 0 Å². The summed E-state index contributed by atoms with van der Waals surface area (Å²) in [7, 11) is 0. The fourth-order valence-corrected chi connectivity index (χ4v) is 3.18. The van der Waals surface area contributed by atoms with Crippen LogP contribution >= 0.6 is 0 Å². The molecule has 0 spiro atoms. The van der Waals surface area contributed by atoms with Gasteiger partial charge < -0.3 is 10.3 Å². The molecule has 0 saturated heterocycles. The molecule has 2 aromatic carbocycles. The third-order valence-electron chi connectivity index (χ3n) is 4.34. The van der Waals surface area contributed by atoms with E-state index >= 15 is 0 Å². The predicted molar refractivity (Wildman–Crippen MR) is 98.1 cm³/mol. The van der Waals surface area contributed by atoms with Gasteiger partial charge in [0.1, 0.15) is 23.3 Å². The molecule has 0 aliphatic heterocycles. The van der Waals surface area contributed by atoms with Gasteiger partial charge in [-0.2, -0.15) is 0 Å². The highest BCUT2D eigenvalue weighted by atomic mass is 15.1. The first-order valence-electron chi connectivity index (χ1n) is 8.00. The lowest BCUT2D eigenvalue weighted by Gasteiger charge is -2.06. The number of para-hydroxylation sites is 2. The number of benzene rings is 2. The molecule has 0 unspecified atom stereocenters. The minimum absolute atomic E-state index is 0.423. The Morgan fingerprint density at radius 1 is 0.800 bits per heavy atom. The third-order valence-corrected chi connectivity index (χ3v) is 4.34. The minimum Gasteiger partial charge on any atom is -0.383 e. The molecule has 120 valence electrons. The zero-order valence-electron chi connectivity index (χ0n) is 13.3. The molecule has 0 aliphatic rings. The van der Waals surface area contributed by atoms with E-state index < -0.39 is 0 Å². The lowest BCUT2D eigenvalue weighted by molar-refractivity contribution is 0.843. The van der Waals surface area contributed by atoms with Gasteiger partial charge in [-0.1, -0.05) is 42.5 Å². The van der Waals surface area contributed by atoms with Crippen molar-refractivity contribution in [2.45, 2.75) is 6.54 Å². The molecule has 0 amide bonds. The summed E-state index contributed by atoms with van der Waals surface area (Å²) >= 11 is 0. The van der Waals surface area contributed by atoms with Gasteiger partial charge in [-0.3, -0.25) is 0 Å². The second-order valence-electron chi connectivity index (χ2n) is 5.91. The van der Waals surface area contributed by atoms with Crippen molar-refractivity contribution in [2.75, 3.05) is 5.73 Å². The van der Waals surface area contributed by atoms with Crippen LogP contribution in [0, 0.1) is 0 Å². The SMILES string of the molecule is Nc1ncnc2c1c1nc3ccccc3nc1n2Cc1ccccc1. The van der Waals surface area contributed by atoms with E-state index in [9.17, 15) is 0 Å². The van der Waals surface area contributed by atoms with Gasteiger partial charge in [-0.05, 0) is 17.7 Å². The van der Waals surface area contributed by atoms with Crippen LogP contribution in [0.3, 0.4) is 0 Å². The van der Waals surface area contributed by atoms with Gasteiger partial charge in [0, 0.05) is 0 Å². The number of aromatic nitrogens is 5. The molecule has 0 saturated carbocycles. The standard InChI is InChI=1S/C19H14N6/c20-17-15-16-19(24-14-9-5-4-8-13(14)23-16)25(18(15)22-11-21-17)10-12-6-2-1-3-7-12/h1-9,11H,10H2,(H2,20,21,22). The number of hydrogen-bond donors (Lipinski definition) is 1. The molecule has 6 nitrogen and oxygen atoms in total. The Morgan fingerprint density at radius 2 is 1.52 bits per heavy atom. The molecule has 2 N–H and O–H groups in total. The highest BCUT2D eigenvalue weighted by molar-refractivity contribution is 6.09. The Balaban J connectivity index is 1.90. The summed E-state index contributed by atoms with van der Waals surface area (Å²) in [5.41, 5.74) is 11.2. The summed E-state index contributed by atoms with van der Waals surface area (Å²) in [4.78, 5) is 18.2. The van der Waals surface area contributed by atoms with Gasteiger partial charge >= 0.3 is 0 Å². The van der Waals surface area contributed by atoms with Crippen molar-refractivity contribution in [1.29, 1.82) is 0 Å². The first-order valence-corrected chi connectivity index (χ1v) is 8.00. The maximum atomic E-state index is 6.14. The Hall–Kier alpha value is -3.54. The molecule has 3 heterocycles. The van der Waals surface area contributed by atoms with E-state index in [0.29, 0.717) is 12.4 Å². The quantitative estimate of drug-likeness (QED) is 0.539. The fraction of sp³-hybridized carbons (Fsp3) is 0.0526. The van der Waals surface area contributed by atoms with Crippen LogP contribution in [0.4, 0.5) is 5.82 Å². The largest absolute Gasteiger partial charge is 0.383 e. The van der Waals surface area contributed by atoms with E-state index in [4.69, 9.17) is 15.7 Å². The summed E-state index contributed by atoms with van der Waals surface area (Å²) in [5, 5.41) is 0.756. The second-order valence-corrected chi connectivity index (χ2v) is 5.91. The van der Waals surface area contributed by atoms with Crippen molar-refractivity contribution in [2.24, 2.45) is 0 Å². The number of nitrogens with zero attached hydrogens (tertiary/aromatic N) is 5. The summed E-state index contributed by atoms with van der Waals surface area (Å²) < 4.78 is 2.05. The molecule has 5 aromatic rings. The molecule has 6 heteroatoms. The fourth-order valence-electron chi connectivity index (χ4n) is 3.18. The minimum atomic E-state index is 0.423. The molecule has 0 atom stereocenters. The summed E-state index contributed by atoms with van der Waals surface area (Å²) in [6.07, 6.45) is 1.48. The zero-order chi connectivity index (χ0) is 16.8. The van der Waals surface area contributed by atoms with Crippen LogP contribution in [0.2, 0.25) is 0 Å². The number of nitrogens with two attached hydrogens (primary N) is 1. The van der Waals surface area contributed by atoms with Crippen molar-refractivity contribution >= 4 is 39.0 Å². The Kier molecular flexibility index (Phi) is 2.90. The van der Waals surface area contributed by atoms with Crippen LogP contribution in [0.5, 0.6) is 0 Å². The van der Waals surface area contributed by atoms with Crippen LogP contribution in [0.15, 0.2) is 60.9 Å². The van der Waals surface area contributed by atoms with E-state index in [1.165, 1.54) is 6.33 Å². The van der Waals surface area contributed by atoms with Gasteiger partial charge in [0.2, 0.25) is 0 Å². The smallest absolute Gasteiger partial charge is 0.162 e. The van der Waals surface area contributed by atoms with E-state index in [1.807, 2.05) is 42.5 Å². The maximum Gasteiger partial charge on any atom is 0.162 e. The molecule has 25 heavy (non-hydrogen) atoms. The first-order chi connectivity index (χ1) is 12.3. The van der Waals surface area contributed by atoms with Crippen LogP contribution < -0.4 is 5.73 Å². The van der Waals surface area contributed by atoms with Crippen molar-refractivity contribution in [3.63, 3.8) is 0 Å². The van der Waals surface area contributed by atoms with Crippen LogP contribution in [0.25, 0.3) is 33.2 Å². The topological polar surface area (TPSA) is 82.5 Å². The number of anilines is 1. The van der Waals surface area contributed by atoms with E-state index in [-0.39, 0.29) is 0 Å². The Labute approximate surface area is 143 Å². The van der Waals surface area contributed by atoms with E-state index in [0.717, 1.165) is 38.8 Å². The number of nitrogen functional groups attached to an aromatic ring is 1. The molecular weight excluding hydrogens is 312 g/mol. The van der Waals surface area contributed by atoms with Gasteiger partial charge in [0.05, 0.1) is 23.0 Å². The number of hydrogen-bond acceptors (Lipinski definition) is 5. The molecule has 0 radical (unpaired) electrons. The zero-order valence-corrected chi connectivity index (χ0v) is 13.3. The highest BCUT2D eigenvalue weighted by Crippen LogP contribution is 2.30. The van der Waals surface area contributed by atoms with Crippen LogP contribution in [-0.2, 0) is 6.54 Å². The van der Waals surface area contributed by atoms with Crippen molar-refractivity contribution in [3.05, 3.63) is 66.5 Å². The van der Waals surface area contributed by atoms with Crippen molar-refractivity contribution < 1.29 is 0 Å². The van der Waals surface area contributed by atoms with Crippen molar-refractivity contribution in [3.8, 4) is 0 Å². The molecule has 0 bridgehead atoms. The molecule has 0 fully saturated rings. The molecular formula is C19H14N6. The van der Waals surface area contributed by atoms with E-state index in [2.05, 4.69) is 26.7 Å². The van der Waals surface area contributed by atoms with E-state index in [1.54, 1.807) is 0 Å². The summed E-state index contributed by atoms with van der Waals surface area (Å²) in [5.74, 6) is 0.423. The van der Waals surface area contributed by atoms with Crippen molar-refractivity contribution in [1.82, 2.24) is 24.5 Å². The molecule has 0 aliphatic carbocycles. The summed E-state index contributed by atoms with van der Waals surface area (Å²) in [6.45, 7) is 0.643. The Bertz CT molecular complexity index is 1230. The normalized spacial score (nSPS) is 11.5. The Morgan fingerprint density at radius 3 is 2.32 bits per heavy atom. The maximum absolute atomic E-state index is 6.14. The van der Waals surface area contributed by atoms with Crippen LogP contribution in [-0.4, -0.2) is 24.5 Å². The lowest BCUT2D eigenvalue weighted by Crippen LogP contribution is -2.02. The molecule has 5 rings (SSSR count). The lowest BCUT2D eigenvalue weighted by atomic mass is 10.2. The second kappa shape index (κ2) is 5.24. The van der Waals surface area contributed by atoms with Crippen LogP contribution in [0.1, 0.15) is 5.56 Å². The predicted octanol–water partition coefficient (Wildman–Crippen LogP) is 3.16. The average Bonchev–Trinajstić information content (AvgIpc) is 2.95. The number of fused-ring (bicyclic) bond motifs is 4. The average molecular weight is 326 g/mol. The number of rotatable bonds is 2. The summed E-state index contributed by atoms with van der Waals surface area (Å²) in [6, 6.07) is 18.0. The first kappa shape index (κ1) is 13.9. The monoisotopic (exact) mass is 326 g/mol. The molecule has 3 aromatic heterocycles.